The number of halogens is 2. The molecule has 2 aromatic rings. The number of nitrogens with one attached hydrogen (secondary N) is 1. The number of hydrogen-bond donors (Lipinski definition) is 1. The smallest absolute Gasteiger partial charge is 0.199 e. The summed E-state index contributed by atoms with van der Waals surface area (Å²) < 4.78 is 17.3. The van der Waals surface area contributed by atoms with E-state index in [0.29, 0.717) is 24.7 Å². The van der Waals surface area contributed by atoms with Gasteiger partial charge >= 0.3 is 0 Å². The number of benzene rings is 1. The van der Waals surface area contributed by atoms with Crippen molar-refractivity contribution in [2.45, 2.75) is 13.0 Å². The molecule has 1 heterocycles. The maximum atomic E-state index is 11.9. The fraction of sp³-hybridized carbons (Fsp3) is 0.333. The van der Waals surface area contributed by atoms with Gasteiger partial charge in [-0.05, 0) is 30.6 Å². The van der Waals surface area contributed by atoms with Gasteiger partial charge < -0.3 is 9.73 Å². The molecule has 1 aromatic heterocycles. The Balaban J connectivity index is 2.13. The molecule has 0 spiro atoms. The van der Waals surface area contributed by atoms with Crippen LogP contribution in [-0.2, 0) is 6.54 Å². The van der Waals surface area contributed by atoms with E-state index >= 15 is 0 Å². The zero-order chi connectivity index (χ0) is 11.4. The van der Waals surface area contributed by atoms with Gasteiger partial charge in [-0.15, -0.1) is 0 Å². The van der Waals surface area contributed by atoms with E-state index in [2.05, 4.69) is 5.32 Å². The van der Waals surface area contributed by atoms with Crippen LogP contribution in [-0.4, -0.2) is 13.2 Å². The third-order valence-electron chi connectivity index (χ3n) is 2.44. The molecule has 0 unspecified atom stereocenters. The Kier molecular flexibility index (Phi) is 3.80. The van der Waals surface area contributed by atoms with E-state index in [9.17, 15) is 4.39 Å². The molecule has 0 aliphatic heterocycles. The average Bonchev–Trinajstić information content (AvgIpc) is 2.61. The van der Waals surface area contributed by atoms with E-state index in [4.69, 9.17) is 16.0 Å². The molecule has 0 fully saturated rings. The number of para-hydroxylation sites is 1. The summed E-state index contributed by atoms with van der Waals surface area (Å²) in [6.07, 6.45) is 0.521. The maximum absolute atomic E-state index is 11.9. The molecule has 4 heteroatoms. The Morgan fingerprint density at radius 3 is 2.94 bits per heavy atom. The summed E-state index contributed by atoms with van der Waals surface area (Å²) in [5.74, 6) is 0. The van der Waals surface area contributed by atoms with Crippen molar-refractivity contribution in [2.75, 3.05) is 13.2 Å². The normalized spacial score (nSPS) is 11.1. The van der Waals surface area contributed by atoms with Crippen molar-refractivity contribution in [3.05, 3.63) is 35.0 Å². The van der Waals surface area contributed by atoms with Crippen LogP contribution in [0, 0.1) is 0 Å². The SMILES string of the molecule is FCCCNCc1c(Cl)oc2ccccc12. The zero-order valence-corrected chi connectivity index (χ0v) is 9.56. The second-order valence-corrected chi connectivity index (χ2v) is 3.91. The van der Waals surface area contributed by atoms with Crippen LogP contribution in [0.4, 0.5) is 4.39 Å². The van der Waals surface area contributed by atoms with Gasteiger partial charge in [0.05, 0.1) is 6.67 Å². The third kappa shape index (κ3) is 2.36. The van der Waals surface area contributed by atoms with E-state index < -0.39 is 0 Å². The molecule has 2 rings (SSSR count). The first-order chi connectivity index (χ1) is 7.83. The maximum Gasteiger partial charge on any atom is 0.199 e. The van der Waals surface area contributed by atoms with Crippen LogP contribution < -0.4 is 5.32 Å². The molecule has 0 saturated carbocycles. The highest BCUT2D eigenvalue weighted by molar-refractivity contribution is 6.30. The highest BCUT2D eigenvalue weighted by atomic mass is 35.5. The molecule has 1 aromatic carbocycles. The molecule has 2 nitrogen and oxygen atoms in total. The number of alkyl halides is 1. The van der Waals surface area contributed by atoms with E-state index in [1.807, 2.05) is 24.3 Å². The third-order valence-corrected chi connectivity index (χ3v) is 2.74. The first kappa shape index (κ1) is 11.4. The molecular weight excluding hydrogens is 229 g/mol. The average molecular weight is 242 g/mol. The fourth-order valence-electron chi connectivity index (χ4n) is 1.64. The molecule has 0 aliphatic rings. The summed E-state index contributed by atoms with van der Waals surface area (Å²) in [5.41, 5.74) is 1.73. The van der Waals surface area contributed by atoms with Crippen molar-refractivity contribution in [3.8, 4) is 0 Å². The van der Waals surface area contributed by atoms with Crippen LogP contribution in [0.2, 0.25) is 5.22 Å². The van der Waals surface area contributed by atoms with Gasteiger partial charge in [0.25, 0.3) is 0 Å². The van der Waals surface area contributed by atoms with Gasteiger partial charge in [-0.1, -0.05) is 18.2 Å². The topological polar surface area (TPSA) is 25.2 Å². The van der Waals surface area contributed by atoms with Gasteiger partial charge in [0.1, 0.15) is 5.58 Å². The second-order valence-electron chi connectivity index (χ2n) is 3.57. The van der Waals surface area contributed by atoms with Crippen molar-refractivity contribution in [1.29, 1.82) is 0 Å². The predicted octanol–water partition coefficient (Wildman–Crippen LogP) is 3.54. The van der Waals surface area contributed by atoms with Gasteiger partial charge in [0.2, 0.25) is 0 Å². The molecule has 0 radical (unpaired) electrons. The standard InChI is InChI=1S/C12H13ClFNO/c13-12-10(8-15-7-3-6-14)9-4-1-2-5-11(9)16-12/h1-2,4-5,15H,3,6-8H2. The molecule has 1 N–H and O–H groups in total. The lowest BCUT2D eigenvalue weighted by atomic mass is 10.2. The molecule has 0 amide bonds. The van der Waals surface area contributed by atoms with Gasteiger partial charge in [0.15, 0.2) is 5.22 Å². The lowest BCUT2D eigenvalue weighted by Gasteiger charge is -2.01. The quantitative estimate of drug-likeness (QED) is 0.810. The Hall–Kier alpha value is -1.06. The highest BCUT2D eigenvalue weighted by Gasteiger charge is 2.10. The Morgan fingerprint density at radius 1 is 1.31 bits per heavy atom. The minimum absolute atomic E-state index is 0.299. The molecule has 0 saturated heterocycles. The van der Waals surface area contributed by atoms with Crippen molar-refractivity contribution < 1.29 is 8.81 Å². The fourth-order valence-corrected chi connectivity index (χ4v) is 1.89. The number of fused-ring (bicyclic) bond motifs is 1. The van der Waals surface area contributed by atoms with Gasteiger partial charge in [-0.3, -0.25) is 4.39 Å². The summed E-state index contributed by atoms with van der Waals surface area (Å²) in [6, 6.07) is 7.70. The molecule has 0 aliphatic carbocycles. The number of rotatable bonds is 5. The summed E-state index contributed by atoms with van der Waals surface area (Å²) >= 11 is 6.00. The Bertz CT molecular complexity index is 469. The first-order valence-electron chi connectivity index (χ1n) is 5.25. The minimum Gasteiger partial charge on any atom is -0.444 e. The van der Waals surface area contributed by atoms with Crippen LogP contribution in [0.1, 0.15) is 12.0 Å². The van der Waals surface area contributed by atoms with Crippen LogP contribution >= 0.6 is 11.6 Å². The lowest BCUT2D eigenvalue weighted by molar-refractivity contribution is 0.459. The zero-order valence-electron chi connectivity index (χ0n) is 8.80. The largest absolute Gasteiger partial charge is 0.444 e. The predicted molar refractivity (Wildman–Crippen MR) is 63.5 cm³/mol. The van der Waals surface area contributed by atoms with Gasteiger partial charge in [0, 0.05) is 17.5 Å². The van der Waals surface area contributed by atoms with E-state index in [0.717, 1.165) is 16.5 Å². The summed E-state index contributed by atoms with van der Waals surface area (Å²) in [4.78, 5) is 0. The second kappa shape index (κ2) is 5.32. The molecule has 0 atom stereocenters. The van der Waals surface area contributed by atoms with Crippen molar-refractivity contribution in [1.82, 2.24) is 5.32 Å². The molecule has 0 bridgehead atoms. The Labute approximate surface area is 98.4 Å². The molecule has 16 heavy (non-hydrogen) atoms. The Morgan fingerprint density at radius 2 is 2.12 bits per heavy atom. The summed E-state index contributed by atoms with van der Waals surface area (Å²) in [7, 11) is 0. The van der Waals surface area contributed by atoms with E-state index in [-0.39, 0.29) is 6.67 Å². The molecular formula is C12H13ClFNO. The number of furan rings is 1. The van der Waals surface area contributed by atoms with Crippen molar-refractivity contribution >= 4 is 22.6 Å². The first-order valence-corrected chi connectivity index (χ1v) is 5.63. The summed E-state index contributed by atoms with van der Waals surface area (Å²) in [5, 5.41) is 4.56. The van der Waals surface area contributed by atoms with E-state index in [1.165, 1.54) is 0 Å². The highest BCUT2D eigenvalue weighted by Crippen LogP contribution is 2.29. The van der Waals surface area contributed by atoms with Crippen LogP contribution in [0.3, 0.4) is 0 Å². The van der Waals surface area contributed by atoms with E-state index in [1.54, 1.807) is 0 Å². The van der Waals surface area contributed by atoms with Crippen LogP contribution in [0.15, 0.2) is 28.7 Å². The van der Waals surface area contributed by atoms with Gasteiger partial charge in [-0.25, -0.2) is 0 Å². The van der Waals surface area contributed by atoms with Crippen molar-refractivity contribution in [3.63, 3.8) is 0 Å². The molecule has 86 valence electrons. The van der Waals surface area contributed by atoms with Crippen molar-refractivity contribution in [2.24, 2.45) is 0 Å². The number of hydrogen-bond acceptors (Lipinski definition) is 2. The summed E-state index contributed by atoms with van der Waals surface area (Å²) in [6.45, 7) is 0.953. The minimum atomic E-state index is -0.299. The monoisotopic (exact) mass is 241 g/mol. The van der Waals surface area contributed by atoms with Crippen LogP contribution in [0.5, 0.6) is 0 Å². The van der Waals surface area contributed by atoms with Crippen LogP contribution in [0.25, 0.3) is 11.0 Å². The lowest BCUT2D eigenvalue weighted by Crippen LogP contribution is -2.15. The van der Waals surface area contributed by atoms with Gasteiger partial charge in [-0.2, -0.15) is 0 Å².